The number of nitrogen functional groups attached to an aromatic ring is 1. The molecule has 3 rings (SSSR count). The minimum absolute atomic E-state index is 0.307. The van der Waals surface area contributed by atoms with Crippen molar-refractivity contribution in [2.24, 2.45) is 0 Å². The summed E-state index contributed by atoms with van der Waals surface area (Å²) in [6, 6.07) is 2.08. The van der Waals surface area contributed by atoms with E-state index in [2.05, 4.69) is 20.2 Å². The third-order valence-electron chi connectivity index (χ3n) is 2.66. The van der Waals surface area contributed by atoms with Gasteiger partial charge in [-0.2, -0.15) is 0 Å². The van der Waals surface area contributed by atoms with E-state index in [1.165, 1.54) is 11.0 Å². The molecule has 0 fully saturated rings. The number of hydrogen-bond acceptors (Lipinski definition) is 6. The van der Waals surface area contributed by atoms with Crippen LogP contribution in [0.15, 0.2) is 28.6 Å². The molecule has 0 aliphatic carbocycles. The molecular formula is C11H8F2N6S. The van der Waals surface area contributed by atoms with Gasteiger partial charge in [-0.3, -0.25) is 0 Å². The van der Waals surface area contributed by atoms with Crippen molar-refractivity contribution in [1.29, 1.82) is 0 Å². The maximum absolute atomic E-state index is 13.4. The number of nitrogens with two attached hydrogens (primary N) is 1. The molecule has 1 aromatic carbocycles. The monoisotopic (exact) mass is 294 g/mol. The third-order valence-corrected chi connectivity index (χ3v) is 3.64. The van der Waals surface area contributed by atoms with Crippen molar-refractivity contribution in [1.82, 2.24) is 24.8 Å². The lowest BCUT2D eigenvalue weighted by Gasteiger charge is -2.05. The van der Waals surface area contributed by atoms with Gasteiger partial charge in [0.15, 0.2) is 11.6 Å². The Morgan fingerprint density at radius 1 is 1.15 bits per heavy atom. The molecule has 0 bridgehead atoms. The molecular weight excluding hydrogens is 286 g/mol. The number of benzene rings is 1. The van der Waals surface area contributed by atoms with Crippen molar-refractivity contribution in [2.45, 2.75) is 17.1 Å². The summed E-state index contributed by atoms with van der Waals surface area (Å²) in [5.74, 6) is 4.36. The molecule has 6 nitrogen and oxygen atoms in total. The lowest BCUT2D eigenvalue weighted by molar-refractivity contribution is 0.510. The van der Waals surface area contributed by atoms with Crippen molar-refractivity contribution in [3.8, 4) is 0 Å². The average Bonchev–Trinajstić information content (AvgIpc) is 2.73. The fourth-order valence-electron chi connectivity index (χ4n) is 1.61. The van der Waals surface area contributed by atoms with Gasteiger partial charge in [0.2, 0.25) is 5.16 Å². The second-order valence-corrected chi connectivity index (χ2v) is 4.92. The molecule has 2 N–H and O–H groups in total. The third kappa shape index (κ3) is 2.05. The van der Waals surface area contributed by atoms with Crippen LogP contribution in [-0.4, -0.2) is 24.8 Å². The number of aromatic nitrogens is 5. The minimum atomic E-state index is -0.959. The maximum atomic E-state index is 13.4. The maximum Gasteiger partial charge on any atom is 0.216 e. The van der Waals surface area contributed by atoms with E-state index < -0.39 is 11.6 Å². The molecule has 2 aromatic heterocycles. The van der Waals surface area contributed by atoms with Crippen LogP contribution in [0.3, 0.4) is 0 Å². The van der Waals surface area contributed by atoms with Gasteiger partial charge in [0.1, 0.15) is 17.2 Å². The fraction of sp³-hybridized carbons (Fsp3) is 0.0909. The predicted molar refractivity (Wildman–Crippen MR) is 68.5 cm³/mol. The lowest BCUT2D eigenvalue weighted by Crippen LogP contribution is -2.11. The van der Waals surface area contributed by atoms with Crippen LogP contribution in [0.2, 0.25) is 0 Å². The molecule has 0 saturated heterocycles. The fourth-order valence-corrected chi connectivity index (χ4v) is 2.47. The Kier molecular flexibility index (Phi) is 2.97. The summed E-state index contributed by atoms with van der Waals surface area (Å²) in [6.07, 6.45) is 1.27. The summed E-state index contributed by atoms with van der Waals surface area (Å²) in [7, 11) is 0. The van der Waals surface area contributed by atoms with E-state index in [9.17, 15) is 8.78 Å². The molecule has 0 radical (unpaired) electrons. The normalized spacial score (nSPS) is 11.2. The summed E-state index contributed by atoms with van der Waals surface area (Å²) in [5, 5.41) is 8.90. The highest BCUT2D eigenvalue weighted by molar-refractivity contribution is 7.99. The topological polar surface area (TPSA) is 82.5 Å². The van der Waals surface area contributed by atoms with Crippen LogP contribution >= 0.6 is 11.8 Å². The van der Waals surface area contributed by atoms with Crippen LogP contribution < -0.4 is 5.84 Å². The largest absolute Gasteiger partial charge is 0.336 e. The first-order valence-electron chi connectivity index (χ1n) is 5.51. The van der Waals surface area contributed by atoms with E-state index in [4.69, 9.17) is 5.84 Å². The molecule has 20 heavy (non-hydrogen) atoms. The Morgan fingerprint density at radius 2 is 1.90 bits per heavy atom. The molecule has 2 heterocycles. The number of rotatable bonds is 2. The van der Waals surface area contributed by atoms with Gasteiger partial charge in [-0.05, 0) is 24.8 Å². The zero-order valence-corrected chi connectivity index (χ0v) is 11.0. The summed E-state index contributed by atoms with van der Waals surface area (Å²) >= 11 is 1.10. The summed E-state index contributed by atoms with van der Waals surface area (Å²) in [6.45, 7) is 1.70. The molecule has 0 spiro atoms. The minimum Gasteiger partial charge on any atom is -0.336 e. The molecule has 102 valence electrons. The van der Waals surface area contributed by atoms with E-state index in [-0.39, 0.29) is 0 Å². The quantitative estimate of drug-likeness (QED) is 0.572. The van der Waals surface area contributed by atoms with Crippen molar-refractivity contribution >= 4 is 22.7 Å². The Balaban J connectivity index is 2.12. The second kappa shape index (κ2) is 4.67. The van der Waals surface area contributed by atoms with Gasteiger partial charge in [-0.15, -0.1) is 10.2 Å². The number of nitrogens with zero attached hydrogens (tertiary/aromatic N) is 5. The zero-order valence-electron chi connectivity index (χ0n) is 10.2. The van der Waals surface area contributed by atoms with Crippen LogP contribution in [0.25, 0.3) is 10.9 Å². The van der Waals surface area contributed by atoms with Crippen LogP contribution in [0.4, 0.5) is 8.78 Å². The molecule has 9 heteroatoms. The zero-order chi connectivity index (χ0) is 14.3. The lowest BCUT2D eigenvalue weighted by atomic mass is 10.2. The molecule has 0 saturated carbocycles. The Hall–Kier alpha value is -2.29. The van der Waals surface area contributed by atoms with Gasteiger partial charge in [-0.1, -0.05) is 0 Å². The molecule has 0 amide bonds. The highest BCUT2D eigenvalue weighted by Crippen LogP contribution is 2.30. The standard InChI is InChI=1S/C11H8F2N6S/c1-5-17-18-11(19(5)14)20-10-6-2-7(12)8(13)3-9(6)15-4-16-10/h2-4H,14H2,1H3. The predicted octanol–water partition coefficient (Wildman–Crippen LogP) is 1.67. The average molecular weight is 294 g/mol. The van der Waals surface area contributed by atoms with Crippen molar-refractivity contribution in [3.63, 3.8) is 0 Å². The molecule has 0 aliphatic rings. The SMILES string of the molecule is Cc1nnc(Sc2ncnc3cc(F)c(F)cc23)n1N. The summed E-state index contributed by atoms with van der Waals surface area (Å²) in [5.41, 5.74) is 0.307. The summed E-state index contributed by atoms with van der Waals surface area (Å²) < 4.78 is 27.8. The van der Waals surface area contributed by atoms with Gasteiger partial charge in [0, 0.05) is 11.5 Å². The first kappa shape index (κ1) is 12.7. The Morgan fingerprint density at radius 3 is 2.60 bits per heavy atom. The first-order chi connectivity index (χ1) is 9.56. The van der Waals surface area contributed by atoms with Crippen LogP contribution in [0.1, 0.15) is 5.82 Å². The highest BCUT2D eigenvalue weighted by Gasteiger charge is 2.14. The van der Waals surface area contributed by atoms with Crippen molar-refractivity contribution in [3.05, 3.63) is 35.9 Å². The van der Waals surface area contributed by atoms with E-state index >= 15 is 0 Å². The summed E-state index contributed by atoms with van der Waals surface area (Å²) in [4.78, 5) is 7.96. The number of fused-ring (bicyclic) bond motifs is 1. The van der Waals surface area contributed by atoms with E-state index in [1.54, 1.807) is 6.92 Å². The van der Waals surface area contributed by atoms with Gasteiger partial charge in [0.05, 0.1) is 5.52 Å². The molecule has 0 aliphatic heterocycles. The van der Waals surface area contributed by atoms with Gasteiger partial charge in [0.25, 0.3) is 0 Å². The van der Waals surface area contributed by atoms with Crippen LogP contribution in [0.5, 0.6) is 0 Å². The number of halogens is 2. The van der Waals surface area contributed by atoms with Crippen molar-refractivity contribution < 1.29 is 8.78 Å². The smallest absolute Gasteiger partial charge is 0.216 e. The van der Waals surface area contributed by atoms with Gasteiger partial charge < -0.3 is 5.84 Å². The van der Waals surface area contributed by atoms with Crippen molar-refractivity contribution in [2.75, 3.05) is 5.84 Å². The second-order valence-electron chi connectivity index (χ2n) is 3.96. The highest BCUT2D eigenvalue weighted by atomic mass is 32.2. The number of aryl methyl sites for hydroxylation is 1. The van der Waals surface area contributed by atoms with Gasteiger partial charge in [-0.25, -0.2) is 23.4 Å². The molecule has 3 aromatic rings. The van der Waals surface area contributed by atoms with Crippen LogP contribution in [0, 0.1) is 18.6 Å². The van der Waals surface area contributed by atoms with Gasteiger partial charge >= 0.3 is 0 Å². The number of hydrogen-bond donors (Lipinski definition) is 1. The molecule has 0 atom stereocenters. The van der Waals surface area contributed by atoms with Crippen LogP contribution in [-0.2, 0) is 0 Å². The first-order valence-corrected chi connectivity index (χ1v) is 6.32. The van der Waals surface area contributed by atoms with E-state index in [0.717, 1.165) is 23.9 Å². The Labute approximate surface area is 116 Å². The van der Waals surface area contributed by atoms with E-state index in [0.29, 0.717) is 26.9 Å². The molecule has 0 unspecified atom stereocenters. The Bertz CT molecular complexity index is 803. The van der Waals surface area contributed by atoms with E-state index in [1.807, 2.05) is 0 Å².